The van der Waals surface area contributed by atoms with Crippen molar-refractivity contribution in [1.29, 1.82) is 0 Å². The predicted octanol–water partition coefficient (Wildman–Crippen LogP) is 14.3. The maximum Gasteiger partial charge on any atom is 0.238 e. The van der Waals surface area contributed by atoms with Gasteiger partial charge in [-0.15, -0.1) is 0 Å². The highest BCUT2D eigenvalue weighted by molar-refractivity contribution is 6.24. The number of rotatable bonds is 8. The monoisotopic (exact) mass is 767 g/mol. The number of hydrogen-bond donors (Lipinski definition) is 0. The molecule has 2 heterocycles. The average Bonchev–Trinajstić information content (AvgIpc) is 3.67. The molecule has 60 heavy (non-hydrogen) atoms. The van der Waals surface area contributed by atoms with Gasteiger partial charge >= 0.3 is 0 Å². The fraction of sp³-hybridized carbons (Fsp3) is 0. The van der Waals surface area contributed by atoms with E-state index in [0.29, 0.717) is 17.6 Å². The minimum atomic E-state index is 0.559. The van der Waals surface area contributed by atoms with Gasteiger partial charge in [0, 0.05) is 38.7 Å². The molecule has 5 nitrogen and oxygen atoms in total. The molecule has 0 aliphatic carbocycles. The van der Waals surface area contributed by atoms with Crippen LogP contribution in [0.15, 0.2) is 224 Å². The summed E-state index contributed by atoms with van der Waals surface area (Å²) in [5, 5.41) is 4.57. The van der Waals surface area contributed by atoms with Gasteiger partial charge in [0.2, 0.25) is 5.95 Å². The summed E-state index contributed by atoms with van der Waals surface area (Å²) in [7, 11) is 0. The summed E-state index contributed by atoms with van der Waals surface area (Å²) in [5.74, 6) is 1.79. The number of para-hydroxylation sites is 2. The molecule has 0 bridgehead atoms. The molecule has 282 valence electrons. The van der Waals surface area contributed by atoms with Crippen molar-refractivity contribution in [3.8, 4) is 51.0 Å². The lowest BCUT2D eigenvalue weighted by Gasteiger charge is -2.27. The Balaban J connectivity index is 1.13. The highest BCUT2D eigenvalue weighted by Gasteiger charge is 2.23. The molecule has 11 aromatic rings. The molecule has 0 unspecified atom stereocenters. The first-order valence-electron chi connectivity index (χ1n) is 20.2. The molecule has 11 rings (SSSR count). The molecule has 0 saturated carbocycles. The Morgan fingerprint density at radius 2 is 0.733 bits per heavy atom. The normalized spacial score (nSPS) is 11.3. The SMILES string of the molecule is c1ccc(-c2ccc(-c3ccc(N(c4ccccc4)c4cc5c(c6ccccc46)c4ccccc4n5-c4nc(-c5ccccc5)nc(-c5ccccc5)n4)cc3)cc2)cc1. The first kappa shape index (κ1) is 35.0. The van der Waals surface area contributed by atoms with E-state index in [9.17, 15) is 0 Å². The van der Waals surface area contributed by atoms with Crippen molar-refractivity contribution in [3.05, 3.63) is 224 Å². The smallest absolute Gasteiger partial charge is 0.238 e. The maximum absolute atomic E-state index is 5.23. The largest absolute Gasteiger partial charge is 0.310 e. The lowest BCUT2D eigenvalue weighted by atomic mass is 9.99. The van der Waals surface area contributed by atoms with Gasteiger partial charge in [-0.3, -0.25) is 4.57 Å². The van der Waals surface area contributed by atoms with E-state index in [0.717, 1.165) is 66.3 Å². The molecule has 2 aromatic heterocycles. The van der Waals surface area contributed by atoms with Gasteiger partial charge in [0.1, 0.15) is 0 Å². The molecule has 0 N–H and O–H groups in total. The van der Waals surface area contributed by atoms with E-state index in [2.05, 4.69) is 173 Å². The summed E-state index contributed by atoms with van der Waals surface area (Å²) in [4.78, 5) is 17.8. The van der Waals surface area contributed by atoms with E-state index >= 15 is 0 Å². The van der Waals surface area contributed by atoms with Crippen LogP contribution in [-0.4, -0.2) is 19.5 Å². The van der Waals surface area contributed by atoms with Gasteiger partial charge < -0.3 is 4.90 Å². The molecule has 0 spiro atoms. The first-order valence-corrected chi connectivity index (χ1v) is 20.2. The fourth-order valence-electron chi connectivity index (χ4n) is 8.40. The average molecular weight is 768 g/mol. The Hall–Kier alpha value is -8.15. The van der Waals surface area contributed by atoms with Crippen LogP contribution in [0.1, 0.15) is 0 Å². The van der Waals surface area contributed by atoms with Crippen LogP contribution in [-0.2, 0) is 0 Å². The topological polar surface area (TPSA) is 46.8 Å². The maximum atomic E-state index is 5.23. The van der Waals surface area contributed by atoms with E-state index in [4.69, 9.17) is 15.0 Å². The van der Waals surface area contributed by atoms with Gasteiger partial charge in [0.05, 0.1) is 16.7 Å². The second kappa shape index (κ2) is 15.0. The van der Waals surface area contributed by atoms with Gasteiger partial charge in [-0.25, -0.2) is 4.98 Å². The summed E-state index contributed by atoms with van der Waals surface area (Å²) in [6.07, 6.45) is 0. The number of anilines is 3. The lowest BCUT2D eigenvalue weighted by molar-refractivity contribution is 0.953. The molecule has 0 saturated heterocycles. The van der Waals surface area contributed by atoms with E-state index in [-0.39, 0.29) is 0 Å². The Bertz CT molecular complexity index is 3210. The van der Waals surface area contributed by atoms with Gasteiger partial charge in [0.25, 0.3) is 0 Å². The third-order valence-electron chi connectivity index (χ3n) is 11.3. The van der Waals surface area contributed by atoms with E-state index in [1.165, 1.54) is 16.7 Å². The van der Waals surface area contributed by atoms with Crippen LogP contribution < -0.4 is 4.90 Å². The van der Waals surface area contributed by atoms with Crippen molar-refractivity contribution in [2.75, 3.05) is 4.90 Å². The van der Waals surface area contributed by atoms with Crippen LogP contribution in [0.2, 0.25) is 0 Å². The Morgan fingerprint density at radius 3 is 1.30 bits per heavy atom. The zero-order chi connectivity index (χ0) is 39.8. The highest BCUT2D eigenvalue weighted by Crippen LogP contribution is 2.45. The van der Waals surface area contributed by atoms with E-state index < -0.39 is 0 Å². The molecular weight excluding hydrogens is 731 g/mol. The van der Waals surface area contributed by atoms with Crippen molar-refractivity contribution in [1.82, 2.24) is 19.5 Å². The van der Waals surface area contributed by atoms with Gasteiger partial charge in [-0.2, -0.15) is 9.97 Å². The molecule has 0 radical (unpaired) electrons. The second-order valence-corrected chi connectivity index (χ2v) is 14.9. The fourth-order valence-corrected chi connectivity index (χ4v) is 8.40. The van der Waals surface area contributed by atoms with Crippen LogP contribution in [0.4, 0.5) is 17.1 Å². The van der Waals surface area contributed by atoms with Crippen molar-refractivity contribution in [2.24, 2.45) is 0 Å². The Labute approximate surface area is 348 Å². The minimum absolute atomic E-state index is 0.559. The zero-order valence-electron chi connectivity index (χ0n) is 32.6. The molecule has 0 fully saturated rings. The van der Waals surface area contributed by atoms with E-state index in [1.54, 1.807) is 0 Å². The van der Waals surface area contributed by atoms with Crippen molar-refractivity contribution < 1.29 is 0 Å². The second-order valence-electron chi connectivity index (χ2n) is 14.9. The van der Waals surface area contributed by atoms with Crippen LogP contribution >= 0.6 is 0 Å². The minimum Gasteiger partial charge on any atom is -0.310 e. The molecule has 5 heteroatoms. The molecule has 0 atom stereocenters. The van der Waals surface area contributed by atoms with Gasteiger partial charge in [0.15, 0.2) is 11.6 Å². The van der Waals surface area contributed by atoms with Crippen molar-refractivity contribution >= 4 is 49.6 Å². The quantitative estimate of drug-likeness (QED) is 0.154. The highest BCUT2D eigenvalue weighted by atomic mass is 15.2. The van der Waals surface area contributed by atoms with Crippen LogP contribution in [0.3, 0.4) is 0 Å². The molecular formula is C55H37N5. The zero-order valence-corrected chi connectivity index (χ0v) is 32.6. The predicted molar refractivity (Wildman–Crippen MR) is 248 cm³/mol. The summed E-state index contributed by atoms with van der Waals surface area (Å²) in [6, 6.07) is 78.8. The summed E-state index contributed by atoms with van der Waals surface area (Å²) >= 11 is 0. The standard InChI is InChI=1S/C55H37N5/c1-5-17-38(18-6-1)39-29-31-40(32-30-39)41-33-35-45(36-34-41)59(44-23-11-4-12-24-44)50-37-51-52(47-26-14-13-25-46(47)50)48-27-15-16-28-49(48)60(51)55-57-53(42-19-7-2-8-20-42)56-54(58-55)43-21-9-3-10-22-43/h1-37H. The molecule has 9 aromatic carbocycles. The number of aromatic nitrogens is 4. The molecule has 0 aliphatic rings. The first-order chi connectivity index (χ1) is 29.8. The van der Waals surface area contributed by atoms with Gasteiger partial charge in [-0.05, 0) is 64.0 Å². The number of nitrogens with zero attached hydrogens (tertiary/aromatic N) is 5. The van der Waals surface area contributed by atoms with Crippen LogP contribution in [0, 0.1) is 0 Å². The van der Waals surface area contributed by atoms with E-state index in [1.807, 2.05) is 60.7 Å². The number of benzene rings is 9. The summed E-state index contributed by atoms with van der Waals surface area (Å²) in [5.41, 5.74) is 11.8. The third-order valence-corrected chi connectivity index (χ3v) is 11.3. The van der Waals surface area contributed by atoms with Crippen LogP contribution in [0.25, 0.3) is 83.6 Å². The Kier molecular flexibility index (Phi) is 8.75. The van der Waals surface area contributed by atoms with Crippen molar-refractivity contribution in [3.63, 3.8) is 0 Å². The summed E-state index contributed by atoms with van der Waals surface area (Å²) in [6.45, 7) is 0. The lowest BCUT2D eigenvalue weighted by Crippen LogP contribution is -2.11. The molecule has 0 aliphatic heterocycles. The third kappa shape index (κ3) is 6.26. The molecule has 0 amide bonds. The van der Waals surface area contributed by atoms with Crippen LogP contribution in [0.5, 0.6) is 0 Å². The Morgan fingerprint density at radius 1 is 0.317 bits per heavy atom. The van der Waals surface area contributed by atoms with Crippen molar-refractivity contribution in [2.45, 2.75) is 0 Å². The number of fused-ring (bicyclic) bond motifs is 5. The van der Waals surface area contributed by atoms with Gasteiger partial charge in [-0.1, -0.05) is 188 Å². The number of hydrogen-bond acceptors (Lipinski definition) is 4. The summed E-state index contributed by atoms with van der Waals surface area (Å²) < 4.78 is 2.21.